The van der Waals surface area contributed by atoms with E-state index in [1.807, 2.05) is 0 Å². The molecule has 1 heteroatoms. The quantitative estimate of drug-likeness (QED) is 0.694. The fourth-order valence-corrected chi connectivity index (χ4v) is 1.98. The molecule has 2 aromatic carbocycles. The summed E-state index contributed by atoms with van der Waals surface area (Å²) in [5, 5.41) is 3.67. The third kappa shape index (κ3) is 1.83. The van der Waals surface area contributed by atoms with E-state index in [4.69, 9.17) is 0 Å². The van der Waals surface area contributed by atoms with Crippen LogP contribution in [0.2, 0.25) is 0 Å². The normalized spacial score (nSPS) is 13.0. The zero-order chi connectivity index (χ0) is 9.97. The molecule has 0 unspecified atom stereocenters. The summed E-state index contributed by atoms with van der Waals surface area (Å²) in [6.07, 6.45) is 0. The third-order valence-electron chi connectivity index (χ3n) is 2.57. The Morgan fingerprint density at radius 1 is 1.07 bits per heavy atom. The monoisotopic (exact) mass is 248 g/mol. The highest BCUT2D eigenvalue weighted by Gasteiger charge is 2.03. The van der Waals surface area contributed by atoms with Crippen molar-refractivity contribution in [1.82, 2.24) is 0 Å². The summed E-state index contributed by atoms with van der Waals surface area (Å²) in [5.74, 6) is 0.583. The van der Waals surface area contributed by atoms with Crippen molar-refractivity contribution in [3.8, 4) is 0 Å². The minimum Gasteiger partial charge on any atom is -0.0922 e. The summed E-state index contributed by atoms with van der Waals surface area (Å²) in [6, 6.07) is 15.2. The Labute approximate surface area is 93.1 Å². The van der Waals surface area contributed by atoms with Crippen molar-refractivity contribution in [2.75, 3.05) is 5.33 Å². The average Bonchev–Trinajstić information content (AvgIpc) is 2.27. The number of hydrogen-bond acceptors (Lipinski definition) is 0. The smallest absolute Gasteiger partial charge is 0.00975 e. The van der Waals surface area contributed by atoms with Crippen molar-refractivity contribution in [2.45, 2.75) is 12.8 Å². The molecule has 0 bridgehead atoms. The van der Waals surface area contributed by atoms with Gasteiger partial charge in [-0.25, -0.2) is 0 Å². The lowest BCUT2D eigenvalue weighted by atomic mass is 9.99. The van der Waals surface area contributed by atoms with Gasteiger partial charge in [0.15, 0.2) is 0 Å². The van der Waals surface area contributed by atoms with E-state index in [9.17, 15) is 0 Å². The molecule has 14 heavy (non-hydrogen) atoms. The SMILES string of the molecule is C[C@H](CBr)c1ccc2ccccc2c1. The molecule has 0 aliphatic rings. The van der Waals surface area contributed by atoms with Crippen LogP contribution in [0.5, 0.6) is 0 Å². The van der Waals surface area contributed by atoms with Gasteiger partial charge in [0, 0.05) is 5.33 Å². The van der Waals surface area contributed by atoms with Crippen LogP contribution in [0.15, 0.2) is 42.5 Å². The number of alkyl halides is 1. The fourth-order valence-electron chi connectivity index (χ4n) is 1.60. The van der Waals surface area contributed by atoms with E-state index >= 15 is 0 Å². The van der Waals surface area contributed by atoms with Gasteiger partial charge in [-0.1, -0.05) is 65.3 Å². The molecule has 1 atom stereocenters. The minimum absolute atomic E-state index is 0.583. The van der Waals surface area contributed by atoms with Crippen molar-refractivity contribution >= 4 is 26.7 Å². The lowest BCUT2D eigenvalue weighted by Crippen LogP contribution is -1.93. The summed E-state index contributed by atoms with van der Waals surface area (Å²) in [6.45, 7) is 2.23. The third-order valence-corrected chi connectivity index (χ3v) is 3.55. The van der Waals surface area contributed by atoms with Crippen LogP contribution in [0.4, 0.5) is 0 Å². The molecule has 0 radical (unpaired) electrons. The predicted molar refractivity (Wildman–Crippen MR) is 66.2 cm³/mol. The summed E-state index contributed by atoms with van der Waals surface area (Å²) in [5.41, 5.74) is 1.40. The second-order valence-electron chi connectivity index (χ2n) is 3.66. The number of rotatable bonds is 2. The molecule has 0 amide bonds. The molecular weight excluding hydrogens is 236 g/mol. The average molecular weight is 249 g/mol. The van der Waals surface area contributed by atoms with Gasteiger partial charge in [-0.3, -0.25) is 0 Å². The first-order valence-corrected chi connectivity index (χ1v) is 5.98. The zero-order valence-corrected chi connectivity index (χ0v) is 9.79. The second-order valence-corrected chi connectivity index (χ2v) is 4.31. The maximum Gasteiger partial charge on any atom is 0.00975 e. The minimum atomic E-state index is 0.583. The number of benzene rings is 2. The van der Waals surface area contributed by atoms with Crippen LogP contribution in [0, 0.1) is 0 Å². The standard InChI is InChI=1S/C13H13Br/c1-10(9-14)12-7-6-11-4-2-3-5-13(11)8-12/h2-8,10H,9H2,1H3/t10-/m1/s1. The summed E-state index contributed by atoms with van der Waals surface area (Å²) in [7, 11) is 0. The topological polar surface area (TPSA) is 0 Å². The van der Waals surface area contributed by atoms with Gasteiger partial charge in [0.25, 0.3) is 0 Å². The Hall–Kier alpha value is -0.820. The van der Waals surface area contributed by atoms with Crippen LogP contribution in [-0.4, -0.2) is 5.33 Å². The van der Waals surface area contributed by atoms with Crippen molar-refractivity contribution in [3.63, 3.8) is 0 Å². The Morgan fingerprint density at radius 3 is 2.50 bits per heavy atom. The van der Waals surface area contributed by atoms with Crippen LogP contribution < -0.4 is 0 Å². The maximum atomic E-state index is 3.52. The van der Waals surface area contributed by atoms with Crippen molar-refractivity contribution in [3.05, 3.63) is 48.0 Å². The van der Waals surface area contributed by atoms with E-state index < -0.39 is 0 Å². The zero-order valence-electron chi connectivity index (χ0n) is 8.20. The van der Waals surface area contributed by atoms with E-state index in [-0.39, 0.29) is 0 Å². The molecule has 0 heterocycles. The molecular formula is C13H13Br. The largest absolute Gasteiger partial charge is 0.0922 e. The Morgan fingerprint density at radius 2 is 1.79 bits per heavy atom. The van der Waals surface area contributed by atoms with E-state index in [0.29, 0.717) is 5.92 Å². The predicted octanol–water partition coefficient (Wildman–Crippen LogP) is 4.34. The van der Waals surface area contributed by atoms with Gasteiger partial charge in [0.1, 0.15) is 0 Å². The van der Waals surface area contributed by atoms with E-state index in [0.717, 1.165) is 5.33 Å². The van der Waals surface area contributed by atoms with Gasteiger partial charge in [0.2, 0.25) is 0 Å². The molecule has 0 saturated carbocycles. The highest BCUT2D eigenvalue weighted by molar-refractivity contribution is 9.09. The number of fused-ring (bicyclic) bond motifs is 1. The van der Waals surface area contributed by atoms with Crippen molar-refractivity contribution in [1.29, 1.82) is 0 Å². The molecule has 0 aliphatic heterocycles. The first-order valence-electron chi connectivity index (χ1n) is 4.86. The fraction of sp³-hybridized carbons (Fsp3) is 0.231. The molecule has 0 saturated heterocycles. The summed E-state index contributed by atoms with van der Waals surface area (Å²) >= 11 is 3.52. The number of hydrogen-bond donors (Lipinski definition) is 0. The molecule has 0 aromatic heterocycles. The van der Waals surface area contributed by atoms with E-state index in [1.165, 1.54) is 16.3 Å². The molecule has 0 nitrogen and oxygen atoms in total. The van der Waals surface area contributed by atoms with Crippen LogP contribution in [0.3, 0.4) is 0 Å². The lowest BCUT2D eigenvalue weighted by molar-refractivity contribution is 0.890. The number of halogens is 1. The van der Waals surface area contributed by atoms with Gasteiger partial charge in [-0.05, 0) is 22.3 Å². The van der Waals surface area contributed by atoms with Crippen LogP contribution in [-0.2, 0) is 0 Å². The first-order chi connectivity index (χ1) is 6.81. The molecule has 0 spiro atoms. The molecule has 0 aliphatic carbocycles. The van der Waals surface area contributed by atoms with E-state index in [1.54, 1.807) is 0 Å². The van der Waals surface area contributed by atoms with Gasteiger partial charge in [-0.2, -0.15) is 0 Å². The Kier molecular flexibility index (Phi) is 2.87. The second kappa shape index (κ2) is 4.14. The van der Waals surface area contributed by atoms with Gasteiger partial charge >= 0.3 is 0 Å². The van der Waals surface area contributed by atoms with Crippen LogP contribution in [0.25, 0.3) is 10.8 Å². The molecule has 2 aromatic rings. The summed E-state index contributed by atoms with van der Waals surface area (Å²) < 4.78 is 0. The van der Waals surface area contributed by atoms with Gasteiger partial charge < -0.3 is 0 Å². The Balaban J connectivity index is 2.51. The highest BCUT2D eigenvalue weighted by atomic mass is 79.9. The first kappa shape index (κ1) is 9.72. The molecule has 2 rings (SSSR count). The summed E-state index contributed by atoms with van der Waals surface area (Å²) in [4.78, 5) is 0. The van der Waals surface area contributed by atoms with Crippen LogP contribution >= 0.6 is 15.9 Å². The maximum absolute atomic E-state index is 3.52. The van der Waals surface area contributed by atoms with E-state index in [2.05, 4.69) is 65.3 Å². The highest BCUT2D eigenvalue weighted by Crippen LogP contribution is 2.22. The van der Waals surface area contributed by atoms with Gasteiger partial charge in [-0.15, -0.1) is 0 Å². The van der Waals surface area contributed by atoms with Gasteiger partial charge in [0.05, 0.1) is 0 Å². The molecule has 72 valence electrons. The lowest BCUT2D eigenvalue weighted by Gasteiger charge is -2.08. The Bertz CT molecular complexity index is 434. The van der Waals surface area contributed by atoms with Crippen molar-refractivity contribution in [2.24, 2.45) is 0 Å². The molecule has 0 N–H and O–H groups in total. The molecule has 0 fully saturated rings. The van der Waals surface area contributed by atoms with Crippen molar-refractivity contribution < 1.29 is 0 Å². The van der Waals surface area contributed by atoms with Crippen LogP contribution in [0.1, 0.15) is 18.4 Å².